The minimum absolute atomic E-state index is 0.105. The summed E-state index contributed by atoms with van der Waals surface area (Å²) >= 11 is 0. The van der Waals surface area contributed by atoms with Crippen LogP contribution in [-0.2, 0) is 0 Å². The van der Waals surface area contributed by atoms with Gasteiger partial charge in [0.1, 0.15) is 0 Å². The van der Waals surface area contributed by atoms with Gasteiger partial charge in [0.25, 0.3) is 0 Å². The van der Waals surface area contributed by atoms with Gasteiger partial charge in [-0.2, -0.15) is 0 Å². The van der Waals surface area contributed by atoms with Gasteiger partial charge in [0, 0.05) is 13.1 Å². The number of rotatable bonds is 8. The first-order chi connectivity index (χ1) is 9.78. The third kappa shape index (κ3) is 5.71. The van der Waals surface area contributed by atoms with Crippen molar-refractivity contribution in [1.82, 2.24) is 10.2 Å². The summed E-state index contributed by atoms with van der Waals surface area (Å²) in [4.78, 5) is 2.52. The fourth-order valence-corrected chi connectivity index (χ4v) is 4.01. The molecule has 0 aromatic rings. The molecular weight excluding hydrogens is 248 g/mol. The maximum atomic E-state index is 10.4. The summed E-state index contributed by atoms with van der Waals surface area (Å²) in [5.74, 6) is 1.63. The largest absolute Gasteiger partial charge is 0.392 e. The highest BCUT2D eigenvalue weighted by atomic mass is 16.3. The molecule has 20 heavy (non-hydrogen) atoms. The third-order valence-corrected chi connectivity index (χ3v) is 5.06. The average Bonchev–Trinajstić information content (AvgIpc) is 2.93. The fraction of sp³-hybridized carbons (Fsp3) is 1.00. The zero-order valence-corrected chi connectivity index (χ0v) is 13.3. The van der Waals surface area contributed by atoms with Crippen LogP contribution < -0.4 is 5.32 Å². The number of nitrogens with zero attached hydrogens (tertiary/aromatic N) is 1. The molecule has 1 saturated carbocycles. The fourth-order valence-electron chi connectivity index (χ4n) is 4.01. The van der Waals surface area contributed by atoms with Gasteiger partial charge >= 0.3 is 0 Å². The lowest BCUT2D eigenvalue weighted by molar-refractivity contribution is 0.0802. The molecule has 1 aliphatic heterocycles. The maximum Gasteiger partial charge on any atom is 0.0669 e. The number of aliphatic hydroxyl groups is 1. The Labute approximate surface area is 125 Å². The van der Waals surface area contributed by atoms with Crippen molar-refractivity contribution in [3.63, 3.8) is 0 Å². The minimum Gasteiger partial charge on any atom is -0.392 e. The van der Waals surface area contributed by atoms with E-state index >= 15 is 0 Å². The lowest BCUT2D eigenvalue weighted by atomic mass is 9.96. The predicted molar refractivity (Wildman–Crippen MR) is 84.9 cm³/mol. The Bertz CT molecular complexity index is 247. The summed E-state index contributed by atoms with van der Waals surface area (Å²) in [6.45, 7) is 7.83. The summed E-state index contributed by atoms with van der Waals surface area (Å²) in [6, 6.07) is 0. The normalized spacial score (nSPS) is 23.6. The van der Waals surface area contributed by atoms with Gasteiger partial charge in [0.15, 0.2) is 0 Å². The molecule has 3 nitrogen and oxygen atoms in total. The Kier molecular flexibility index (Phi) is 7.32. The second-order valence-electron chi connectivity index (χ2n) is 6.99. The molecule has 0 radical (unpaired) electrons. The van der Waals surface area contributed by atoms with Crippen LogP contribution in [0, 0.1) is 11.8 Å². The summed E-state index contributed by atoms with van der Waals surface area (Å²) in [7, 11) is 0. The van der Waals surface area contributed by atoms with Crippen molar-refractivity contribution in [2.45, 2.75) is 64.4 Å². The van der Waals surface area contributed by atoms with Crippen molar-refractivity contribution < 1.29 is 5.11 Å². The Morgan fingerprint density at radius 3 is 2.45 bits per heavy atom. The van der Waals surface area contributed by atoms with Gasteiger partial charge in [-0.25, -0.2) is 0 Å². The lowest BCUT2D eigenvalue weighted by Gasteiger charge is -2.31. The van der Waals surface area contributed by atoms with Crippen molar-refractivity contribution in [3.05, 3.63) is 0 Å². The predicted octanol–water partition coefficient (Wildman–Crippen LogP) is 2.64. The summed E-state index contributed by atoms with van der Waals surface area (Å²) in [5.41, 5.74) is 0. The van der Waals surface area contributed by atoms with E-state index in [1.165, 1.54) is 64.6 Å². The number of hydrogen-bond acceptors (Lipinski definition) is 3. The Morgan fingerprint density at radius 2 is 1.80 bits per heavy atom. The van der Waals surface area contributed by atoms with Crippen molar-refractivity contribution >= 4 is 0 Å². The third-order valence-electron chi connectivity index (χ3n) is 5.06. The van der Waals surface area contributed by atoms with Crippen LogP contribution in [0.1, 0.15) is 58.3 Å². The van der Waals surface area contributed by atoms with Crippen molar-refractivity contribution in [1.29, 1.82) is 0 Å². The lowest BCUT2D eigenvalue weighted by Crippen LogP contribution is -2.40. The van der Waals surface area contributed by atoms with E-state index in [4.69, 9.17) is 0 Å². The van der Waals surface area contributed by atoms with Crippen LogP contribution in [0.3, 0.4) is 0 Å². The Balaban J connectivity index is 1.71. The van der Waals surface area contributed by atoms with Gasteiger partial charge in [0.2, 0.25) is 0 Å². The van der Waals surface area contributed by atoms with Crippen molar-refractivity contribution in [3.8, 4) is 0 Å². The first-order valence-corrected chi connectivity index (χ1v) is 8.89. The van der Waals surface area contributed by atoms with Crippen LogP contribution in [0.15, 0.2) is 0 Å². The quantitative estimate of drug-likeness (QED) is 0.718. The van der Waals surface area contributed by atoms with Gasteiger partial charge in [-0.05, 0) is 57.2 Å². The molecule has 1 atom stereocenters. The highest BCUT2D eigenvalue weighted by Gasteiger charge is 2.22. The molecule has 2 rings (SSSR count). The van der Waals surface area contributed by atoms with Crippen LogP contribution in [0.2, 0.25) is 0 Å². The number of hydrogen-bond donors (Lipinski definition) is 2. The van der Waals surface area contributed by atoms with E-state index in [1.807, 2.05) is 0 Å². The van der Waals surface area contributed by atoms with Crippen LogP contribution >= 0.6 is 0 Å². The number of aliphatic hydroxyl groups excluding tert-OH is 1. The highest BCUT2D eigenvalue weighted by Crippen LogP contribution is 2.28. The maximum absolute atomic E-state index is 10.4. The summed E-state index contributed by atoms with van der Waals surface area (Å²) < 4.78 is 0. The molecule has 118 valence electrons. The molecule has 1 heterocycles. The molecule has 2 N–H and O–H groups in total. The summed E-state index contributed by atoms with van der Waals surface area (Å²) in [6.07, 6.45) is 10.2. The van der Waals surface area contributed by atoms with Crippen LogP contribution in [0.25, 0.3) is 0 Å². The smallest absolute Gasteiger partial charge is 0.0669 e. The summed E-state index contributed by atoms with van der Waals surface area (Å²) in [5, 5.41) is 13.8. The van der Waals surface area contributed by atoms with E-state index in [2.05, 4.69) is 17.1 Å². The van der Waals surface area contributed by atoms with Gasteiger partial charge in [-0.15, -0.1) is 0 Å². The van der Waals surface area contributed by atoms with Gasteiger partial charge in [0.05, 0.1) is 6.10 Å². The van der Waals surface area contributed by atoms with E-state index in [-0.39, 0.29) is 6.10 Å². The molecule has 0 bridgehead atoms. The molecule has 2 fully saturated rings. The van der Waals surface area contributed by atoms with Crippen LogP contribution in [0.5, 0.6) is 0 Å². The molecular formula is C17H34N2O. The highest BCUT2D eigenvalue weighted by molar-refractivity contribution is 4.76. The molecule has 0 spiro atoms. The van der Waals surface area contributed by atoms with E-state index in [1.54, 1.807) is 0 Å². The first-order valence-electron chi connectivity index (χ1n) is 8.89. The van der Waals surface area contributed by atoms with Crippen LogP contribution in [-0.4, -0.2) is 48.8 Å². The molecule has 0 aromatic heterocycles. The molecule has 0 aromatic carbocycles. The number of piperidine rings is 1. The van der Waals surface area contributed by atoms with E-state index in [0.717, 1.165) is 31.3 Å². The average molecular weight is 282 g/mol. The molecule has 3 heteroatoms. The van der Waals surface area contributed by atoms with Crippen molar-refractivity contribution in [2.75, 3.05) is 32.7 Å². The zero-order chi connectivity index (χ0) is 14.2. The van der Waals surface area contributed by atoms with E-state index in [0.29, 0.717) is 0 Å². The molecule has 1 aliphatic carbocycles. The first kappa shape index (κ1) is 16.3. The van der Waals surface area contributed by atoms with Gasteiger partial charge < -0.3 is 15.3 Å². The van der Waals surface area contributed by atoms with Crippen LogP contribution in [0.4, 0.5) is 0 Å². The molecule has 1 unspecified atom stereocenters. The molecule has 2 aliphatic rings. The topological polar surface area (TPSA) is 35.5 Å². The molecule has 0 amide bonds. The Hall–Kier alpha value is -0.120. The number of nitrogens with one attached hydrogen (secondary N) is 1. The van der Waals surface area contributed by atoms with Crippen molar-refractivity contribution in [2.24, 2.45) is 11.8 Å². The standard InChI is InChI=1S/C17H34N2O/c1-2-11-19(13-16-7-9-18-10-8-16)14-17(20)12-15-5-3-4-6-15/h15-18,20H,2-14H2,1H3. The minimum atomic E-state index is -0.105. The zero-order valence-electron chi connectivity index (χ0n) is 13.3. The van der Waals surface area contributed by atoms with Gasteiger partial charge in [-0.1, -0.05) is 32.6 Å². The van der Waals surface area contributed by atoms with E-state index in [9.17, 15) is 5.11 Å². The Morgan fingerprint density at radius 1 is 1.10 bits per heavy atom. The van der Waals surface area contributed by atoms with E-state index < -0.39 is 0 Å². The monoisotopic (exact) mass is 282 g/mol. The second kappa shape index (κ2) is 9.01. The SMILES string of the molecule is CCCN(CC(O)CC1CCCC1)CC1CCNCC1. The van der Waals surface area contributed by atoms with Gasteiger partial charge in [-0.3, -0.25) is 0 Å². The molecule has 1 saturated heterocycles. The second-order valence-corrected chi connectivity index (χ2v) is 6.99.